The molecular weight excluding hydrogens is 266 g/mol. The molecule has 0 unspecified atom stereocenters. The normalized spacial score (nSPS) is 11.4. The third kappa shape index (κ3) is 2.02. The van der Waals surface area contributed by atoms with Crippen LogP contribution < -0.4 is 0 Å². The van der Waals surface area contributed by atoms with Crippen LogP contribution in [-0.2, 0) is 0 Å². The summed E-state index contributed by atoms with van der Waals surface area (Å²) in [5.74, 6) is 0.376. The molecule has 0 bridgehead atoms. The zero-order chi connectivity index (χ0) is 15.1. The van der Waals surface area contributed by atoms with E-state index >= 15 is 0 Å². The molecule has 0 aliphatic carbocycles. The summed E-state index contributed by atoms with van der Waals surface area (Å²) in [4.78, 5) is 14.3. The topological polar surface area (TPSA) is 46.6 Å². The van der Waals surface area contributed by atoms with Crippen molar-refractivity contribution in [3.05, 3.63) is 35.3 Å². The average molecular weight is 285 g/mol. The van der Waals surface area contributed by atoms with Crippen LogP contribution in [0.15, 0.2) is 27.2 Å². The van der Waals surface area contributed by atoms with Gasteiger partial charge in [0, 0.05) is 35.5 Å². The maximum atomic E-state index is 12.5. The molecule has 0 fully saturated rings. The quantitative estimate of drug-likeness (QED) is 0.721. The van der Waals surface area contributed by atoms with Gasteiger partial charge in [-0.15, -0.1) is 0 Å². The van der Waals surface area contributed by atoms with Crippen LogP contribution in [0.1, 0.15) is 35.5 Å². The first-order valence-electron chi connectivity index (χ1n) is 7.27. The first kappa shape index (κ1) is 13.7. The predicted molar refractivity (Wildman–Crippen MR) is 82.7 cm³/mol. The van der Waals surface area contributed by atoms with Crippen molar-refractivity contribution in [1.29, 1.82) is 0 Å². The van der Waals surface area contributed by atoms with E-state index in [9.17, 15) is 4.79 Å². The van der Waals surface area contributed by atoms with Gasteiger partial charge in [0.2, 0.25) is 0 Å². The molecule has 3 aromatic rings. The highest BCUT2D eigenvalue weighted by Crippen LogP contribution is 2.32. The molecule has 4 nitrogen and oxygen atoms in total. The number of aryl methyl sites for hydroxylation is 2. The molecule has 0 aliphatic heterocycles. The van der Waals surface area contributed by atoms with Gasteiger partial charge in [-0.25, -0.2) is 0 Å². The Kier molecular flexibility index (Phi) is 3.24. The highest BCUT2D eigenvalue weighted by atomic mass is 16.4. The van der Waals surface area contributed by atoms with Crippen molar-refractivity contribution in [2.45, 2.75) is 27.7 Å². The number of nitrogens with zero attached hydrogens (tertiary/aromatic N) is 1. The molecule has 0 radical (unpaired) electrons. The lowest BCUT2D eigenvalue weighted by atomic mass is 10.1. The highest BCUT2D eigenvalue weighted by molar-refractivity contribution is 6.03. The minimum Gasteiger partial charge on any atom is -0.464 e. The van der Waals surface area contributed by atoms with Gasteiger partial charge >= 0.3 is 0 Å². The van der Waals surface area contributed by atoms with Crippen LogP contribution in [0.25, 0.3) is 21.9 Å². The number of hydrogen-bond acceptors (Lipinski definition) is 3. The monoisotopic (exact) mass is 285 g/mol. The van der Waals surface area contributed by atoms with Crippen LogP contribution >= 0.6 is 0 Å². The van der Waals surface area contributed by atoms with Crippen LogP contribution in [-0.4, -0.2) is 23.9 Å². The SMILES string of the molecule is CCN(CC)C(=O)c1oc2cc3occ(C)c3cc2c1C. The van der Waals surface area contributed by atoms with Gasteiger partial charge in [-0.05, 0) is 39.3 Å². The number of carbonyl (C=O) groups is 1. The minimum absolute atomic E-state index is 0.0537. The first-order chi connectivity index (χ1) is 10.1. The number of amides is 1. The second kappa shape index (κ2) is 4.95. The van der Waals surface area contributed by atoms with Gasteiger partial charge < -0.3 is 13.7 Å². The second-order valence-electron chi connectivity index (χ2n) is 5.30. The Bertz CT molecular complexity index is 821. The molecule has 1 aromatic carbocycles. The maximum Gasteiger partial charge on any atom is 0.289 e. The van der Waals surface area contributed by atoms with Crippen LogP contribution in [0.2, 0.25) is 0 Å². The summed E-state index contributed by atoms with van der Waals surface area (Å²) in [7, 11) is 0. The molecule has 0 aliphatic rings. The fourth-order valence-electron chi connectivity index (χ4n) is 2.73. The van der Waals surface area contributed by atoms with Gasteiger partial charge in [-0.3, -0.25) is 4.79 Å². The van der Waals surface area contributed by atoms with Gasteiger partial charge in [-0.2, -0.15) is 0 Å². The van der Waals surface area contributed by atoms with Crippen LogP contribution in [0, 0.1) is 13.8 Å². The van der Waals surface area contributed by atoms with E-state index in [-0.39, 0.29) is 5.91 Å². The number of fused-ring (bicyclic) bond motifs is 2. The zero-order valence-corrected chi connectivity index (χ0v) is 12.8. The molecule has 0 spiro atoms. The Morgan fingerprint density at radius 2 is 1.81 bits per heavy atom. The lowest BCUT2D eigenvalue weighted by Crippen LogP contribution is -2.30. The van der Waals surface area contributed by atoms with E-state index in [1.807, 2.05) is 39.8 Å². The van der Waals surface area contributed by atoms with E-state index in [1.165, 1.54) is 0 Å². The summed E-state index contributed by atoms with van der Waals surface area (Å²) in [5, 5.41) is 2.04. The van der Waals surface area contributed by atoms with Crippen LogP contribution in [0.4, 0.5) is 0 Å². The highest BCUT2D eigenvalue weighted by Gasteiger charge is 2.22. The zero-order valence-electron chi connectivity index (χ0n) is 12.8. The molecule has 2 aromatic heterocycles. The van der Waals surface area contributed by atoms with Gasteiger partial charge in [0.1, 0.15) is 11.2 Å². The third-order valence-corrected chi connectivity index (χ3v) is 4.07. The lowest BCUT2D eigenvalue weighted by Gasteiger charge is -2.17. The molecule has 4 heteroatoms. The Hall–Kier alpha value is -2.23. The number of carbonyl (C=O) groups excluding carboxylic acids is 1. The number of benzene rings is 1. The molecule has 0 N–H and O–H groups in total. The van der Waals surface area contributed by atoms with Gasteiger partial charge in [0.15, 0.2) is 5.76 Å². The Morgan fingerprint density at radius 1 is 1.10 bits per heavy atom. The van der Waals surface area contributed by atoms with Gasteiger partial charge in [0.25, 0.3) is 5.91 Å². The van der Waals surface area contributed by atoms with Crippen molar-refractivity contribution in [3.8, 4) is 0 Å². The largest absolute Gasteiger partial charge is 0.464 e. The van der Waals surface area contributed by atoms with E-state index in [0.29, 0.717) is 24.4 Å². The van der Waals surface area contributed by atoms with E-state index in [1.54, 1.807) is 11.2 Å². The third-order valence-electron chi connectivity index (χ3n) is 4.07. The summed E-state index contributed by atoms with van der Waals surface area (Å²) in [5.41, 5.74) is 3.47. The fraction of sp³-hybridized carbons (Fsp3) is 0.353. The smallest absolute Gasteiger partial charge is 0.289 e. The fourth-order valence-corrected chi connectivity index (χ4v) is 2.73. The Morgan fingerprint density at radius 3 is 2.48 bits per heavy atom. The summed E-state index contributed by atoms with van der Waals surface area (Å²) < 4.78 is 11.3. The van der Waals surface area contributed by atoms with Crippen molar-refractivity contribution < 1.29 is 13.6 Å². The molecule has 3 rings (SSSR count). The Labute approximate surface area is 123 Å². The van der Waals surface area contributed by atoms with E-state index in [2.05, 4.69) is 0 Å². The molecule has 1 amide bonds. The first-order valence-corrected chi connectivity index (χ1v) is 7.27. The summed E-state index contributed by atoms with van der Waals surface area (Å²) in [6.07, 6.45) is 1.74. The van der Waals surface area contributed by atoms with Crippen molar-refractivity contribution in [3.63, 3.8) is 0 Å². The van der Waals surface area contributed by atoms with E-state index in [0.717, 1.165) is 27.5 Å². The summed E-state index contributed by atoms with van der Waals surface area (Å²) in [6.45, 7) is 9.23. The summed E-state index contributed by atoms with van der Waals surface area (Å²) in [6, 6.07) is 3.91. The molecular formula is C17H19NO3. The molecule has 0 atom stereocenters. The van der Waals surface area contributed by atoms with E-state index < -0.39 is 0 Å². The van der Waals surface area contributed by atoms with Crippen molar-refractivity contribution in [2.75, 3.05) is 13.1 Å². The maximum absolute atomic E-state index is 12.5. The minimum atomic E-state index is -0.0537. The van der Waals surface area contributed by atoms with E-state index in [4.69, 9.17) is 8.83 Å². The van der Waals surface area contributed by atoms with Gasteiger partial charge in [-0.1, -0.05) is 0 Å². The standard InChI is InChI=1S/C17H19NO3/c1-5-18(6-2)17(19)16-11(4)13-7-12-10(3)9-20-14(12)8-15(13)21-16/h7-9H,5-6H2,1-4H3. The van der Waals surface area contributed by atoms with Crippen molar-refractivity contribution in [1.82, 2.24) is 4.90 Å². The molecule has 2 heterocycles. The number of hydrogen-bond donors (Lipinski definition) is 0. The molecule has 21 heavy (non-hydrogen) atoms. The Balaban J connectivity index is 2.19. The van der Waals surface area contributed by atoms with Crippen LogP contribution in [0.3, 0.4) is 0 Å². The molecule has 110 valence electrons. The number of rotatable bonds is 3. The van der Waals surface area contributed by atoms with Crippen molar-refractivity contribution in [2.24, 2.45) is 0 Å². The lowest BCUT2D eigenvalue weighted by molar-refractivity contribution is 0.0742. The summed E-state index contributed by atoms with van der Waals surface area (Å²) >= 11 is 0. The van der Waals surface area contributed by atoms with Crippen molar-refractivity contribution >= 4 is 27.8 Å². The second-order valence-corrected chi connectivity index (χ2v) is 5.30. The molecule has 0 saturated carbocycles. The number of furan rings is 2. The van der Waals surface area contributed by atoms with Crippen LogP contribution in [0.5, 0.6) is 0 Å². The molecule has 0 saturated heterocycles. The predicted octanol–water partition coefficient (Wildman–Crippen LogP) is 4.28. The average Bonchev–Trinajstić information content (AvgIpc) is 3.00. The van der Waals surface area contributed by atoms with Gasteiger partial charge in [0.05, 0.1) is 6.26 Å².